The van der Waals surface area contributed by atoms with E-state index < -0.39 is 0 Å². The fraction of sp³-hybridized carbons (Fsp3) is 0.290. The Morgan fingerprint density at radius 1 is 0.892 bits per heavy atom. The number of amides is 1. The van der Waals surface area contributed by atoms with Crippen LogP contribution in [0.5, 0.6) is 0 Å². The molecule has 0 N–H and O–H groups in total. The van der Waals surface area contributed by atoms with Gasteiger partial charge in [0.1, 0.15) is 0 Å². The minimum absolute atomic E-state index is 0.282. The van der Waals surface area contributed by atoms with E-state index >= 15 is 0 Å². The molecule has 190 valence electrons. The van der Waals surface area contributed by atoms with Crippen LogP contribution in [0.25, 0.3) is 10.9 Å². The third-order valence-corrected chi connectivity index (χ3v) is 7.71. The fourth-order valence-electron chi connectivity index (χ4n) is 5.56. The molecule has 2 aliphatic rings. The van der Waals surface area contributed by atoms with Crippen LogP contribution in [0.15, 0.2) is 84.9 Å². The standard InChI is InChI=1S/C16H12ClNO.C15H20N2O/c17-14-7-5-12(6-8-14)10-18-15(11-19)9-13-3-1-2-4-16(13)18;1-16-8-7-14-13(10-16)11-17(15(14)18)9-12-5-3-2-4-6-12/h1-9,11H,10H2;2-6,13-14H,7-11H2,1H3. The highest BCUT2D eigenvalue weighted by atomic mass is 35.5. The van der Waals surface area contributed by atoms with E-state index in [1.54, 1.807) is 0 Å². The van der Waals surface area contributed by atoms with Crippen molar-refractivity contribution < 1.29 is 9.59 Å². The van der Waals surface area contributed by atoms with Crippen molar-refractivity contribution in [3.63, 3.8) is 0 Å². The number of aldehydes is 1. The second-order valence-electron chi connectivity index (χ2n) is 10.1. The molecule has 0 spiro atoms. The number of carbonyl (C=O) groups excluding carboxylic acids is 2. The van der Waals surface area contributed by atoms with Gasteiger partial charge < -0.3 is 14.4 Å². The van der Waals surface area contributed by atoms with Crippen LogP contribution in [-0.2, 0) is 17.9 Å². The van der Waals surface area contributed by atoms with E-state index in [0.29, 0.717) is 24.1 Å². The molecule has 2 saturated heterocycles. The Morgan fingerprint density at radius 3 is 2.35 bits per heavy atom. The molecule has 5 nitrogen and oxygen atoms in total. The SMILES string of the molecule is CN1CCC2C(=O)N(Cc3ccccc3)CC2C1.O=Cc1cc2ccccc2n1Cc1ccc(Cl)cc1. The van der Waals surface area contributed by atoms with Crippen LogP contribution in [0.3, 0.4) is 0 Å². The lowest BCUT2D eigenvalue weighted by molar-refractivity contribution is -0.132. The summed E-state index contributed by atoms with van der Waals surface area (Å²) in [6.07, 6.45) is 1.93. The van der Waals surface area contributed by atoms with Crippen LogP contribution in [-0.4, -0.2) is 53.2 Å². The number of hydrogen-bond acceptors (Lipinski definition) is 3. The summed E-state index contributed by atoms with van der Waals surface area (Å²) in [7, 11) is 2.15. The number of fused-ring (bicyclic) bond motifs is 2. The Bertz CT molecular complexity index is 1370. The Kier molecular flexibility index (Phi) is 7.73. The Hall–Kier alpha value is -3.41. The first-order valence-corrected chi connectivity index (χ1v) is 13.2. The van der Waals surface area contributed by atoms with Crippen molar-refractivity contribution >= 4 is 34.7 Å². The number of aromatic nitrogens is 1. The number of halogens is 1. The van der Waals surface area contributed by atoms with E-state index in [1.807, 2.05) is 82.3 Å². The lowest BCUT2D eigenvalue weighted by Crippen LogP contribution is -2.38. The Balaban J connectivity index is 0.000000152. The number of carbonyl (C=O) groups is 2. The molecule has 4 aromatic rings. The van der Waals surface area contributed by atoms with Gasteiger partial charge in [0, 0.05) is 53.9 Å². The molecule has 0 bridgehead atoms. The van der Waals surface area contributed by atoms with Crippen LogP contribution in [0.2, 0.25) is 5.02 Å². The van der Waals surface area contributed by atoms with Crippen LogP contribution in [0, 0.1) is 11.8 Å². The third kappa shape index (κ3) is 5.79. The first kappa shape index (κ1) is 25.2. The van der Waals surface area contributed by atoms with Gasteiger partial charge in [-0.3, -0.25) is 9.59 Å². The molecular weight excluding hydrogens is 482 g/mol. The molecule has 1 aromatic heterocycles. The van der Waals surface area contributed by atoms with E-state index in [4.69, 9.17) is 11.6 Å². The molecular formula is C31H32ClN3O2. The number of benzene rings is 3. The zero-order valence-corrected chi connectivity index (χ0v) is 21.8. The molecule has 3 aromatic carbocycles. The molecule has 2 fully saturated rings. The number of nitrogens with zero attached hydrogens (tertiary/aromatic N) is 3. The monoisotopic (exact) mass is 513 g/mol. The van der Waals surface area contributed by atoms with Crippen molar-refractivity contribution in [2.45, 2.75) is 19.5 Å². The molecule has 6 rings (SSSR count). The van der Waals surface area contributed by atoms with Crippen molar-refractivity contribution in [3.05, 3.63) is 107 Å². The summed E-state index contributed by atoms with van der Waals surface area (Å²) >= 11 is 5.88. The highest BCUT2D eigenvalue weighted by Gasteiger charge is 2.42. The van der Waals surface area contributed by atoms with Crippen LogP contribution in [0.1, 0.15) is 28.0 Å². The third-order valence-electron chi connectivity index (χ3n) is 7.45. The highest BCUT2D eigenvalue weighted by Crippen LogP contribution is 2.32. The molecule has 2 aliphatic heterocycles. The number of likely N-dealkylation sites (tertiary alicyclic amines) is 2. The van der Waals surface area contributed by atoms with Crippen molar-refractivity contribution in [3.8, 4) is 0 Å². The van der Waals surface area contributed by atoms with Gasteiger partial charge in [0.25, 0.3) is 0 Å². The normalized spacial score (nSPS) is 19.4. The zero-order chi connectivity index (χ0) is 25.8. The number of rotatable bonds is 5. The molecule has 0 radical (unpaired) electrons. The van der Waals surface area contributed by atoms with E-state index in [9.17, 15) is 9.59 Å². The van der Waals surface area contributed by atoms with E-state index in [2.05, 4.69) is 24.1 Å². The molecule has 37 heavy (non-hydrogen) atoms. The van der Waals surface area contributed by atoms with Gasteiger partial charge in [-0.15, -0.1) is 0 Å². The summed E-state index contributed by atoms with van der Waals surface area (Å²) < 4.78 is 2.02. The maximum atomic E-state index is 12.4. The lowest BCUT2D eigenvalue weighted by atomic mass is 9.88. The maximum Gasteiger partial charge on any atom is 0.226 e. The van der Waals surface area contributed by atoms with Crippen LogP contribution < -0.4 is 0 Å². The summed E-state index contributed by atoms with van der Waals surface area (Å²) in [5.41, 5.74) is 4.11. The molecule has 3 heterocycles. The van der Waals surface area contributed by atoms with Crippen molar-refractivity contribution in [1.29, 1.82) is 0 Å². The van der Waals surface area contributed by atoms with Gasteiger partial charge in [0.15, 0.2) is 6.29 Å². The lowest BCUT2D eigenvalue weighted by Gasteiger charge is -2.30. The van der Waals surface area contributed by atoms with Gasteiger partial charge in [0.2, 0.25) is 5.91 Å². The molecule has 2 atom stereocenters. The average Bonchev–Trinajstić information content (AvgIpc) is 3.42. The molecule has 2 unspecified atom stereocenters. The largest absolute Gasteiger partial charge is 0.338 e. The Labute approximate surface area is 223 Å². The van der Waals surface area contributed by atoms with Crippen LogP contribution in [0.4, 0.5) is 0 Å². The highest BCUT2D eigenvalue weighted by molar-refractivity contribution is 6.30. The van der Waals surface area contributed by atoms with E-state index in [-0.39, 0.29) is 5.92 Å². The molecule has 6 heteroatoms. The number of para-hydroxylation sites is 1. The van der Waals surface area contributed by atoms with Crippen molar-refractivity contribution in [2.75, 3.05) is 26.7 Å². The first-order valence-electron chi connectivity index (χ1n) is 12.8. The summed E-state index contributed by atoms with van der Waals surface area (Å²) in [5, 5.41) is 1.80. The predicted molar refractivity (Wildman–Crippen MR) is 149 cm³/mol. The van der Waals surface area contributed by atoms with E-state index in [0.717, 1.165) is 60.4 Å². The summed E-state index contributed by atoms with van der Waals surface area (Å²) in [4.78, 5) is 28.0. The van der Waals surface area contributed by atoms with Gasteiger partial charge in [-0.05, 0) is 55.4 Å². The smallest absolute Gasteiger partial charge is 0.226 e. The quantitative estimate of drug-likeness (QED) is 0.319. The van der Waals surface area contributed by atoms with Gasteiger partial charge in [0.05, 0.1) is 5.69 Å². The summed E-state index contributed by atoms with van der Waals surface area (Å²) in [6.45, 7) is 4.51. The number of piperidine rings is 1. The summed E-state index contributed by atoms with van der Waals surface area (Å²) in [6, 6.07) is 27.9. The topological polar surface area (TPSA) is 45.6 Å². The second kappa shape index (κ2) is 11.3. The van der Waals surface area contributed by atoms with Gasteiger partial charge in [-0.25, -0.2) is 0 Å². The van der Waals surface area contributed by atoms with Crippen LogP contribution >= 0.6 is 11.6 Å². The molecule has 0 saturated carbocycles. The fourth-order valence-corrected chi connectivity index (χ4v) is 5.68. The zero-order valence-electron chi connectivity index (χ0n) is 21.1. The number of hydrogen-bond donors (Lipinski definition) is 0. The molecule has 0 aliphatic carbocycles. The Morgan fingerprint density at radius 2 is 1.59 bits per heavy atom. The predicted octanol–water partition coefficient (Wildman–Crippen LogP) is 5.75. The molecule has 1 amide bonds. The second-order valence-corrected chi connectivity index (χ2v) is 10.5. The first-order chi connectivity index (χ1) is 18.0. The van der Waals surface area contributed by atoms with Crippen molar-refractivity contribution in [2.24, 2.45) is 11.8 Å². The minimum atomic E-state index is 0.282. The minimum Gasteiger partial charge on any atom is -0.338 e. The van der Waals surface area contributed by atoms with Gasteiger partial charge >= 0.3 is 0 Å². The maximum absolute atomic E-state index is 12.4. The van der Waals surface area contributed by atoms with Gasteiger partial charge in [-0.2, -0.15) is 0 Å². The van der Waals surface area contributed by atoms with Crippen molar-refractivity contribution in [1.82, 2.24) is 14.4 Å². The summed E-state index contributed by atoms with van der Waals surface area (Å²) in [5.74, 6) is 1.20. The average molecular weight is 514 g/mol. The van der Waals surface area contributed by atoms with Gasteiger partial charge in [-0.1, -0.05) is 72.3 Å². The van der Waals surface area contributed by atoms with E-state index in [1.165, 1.54) is 5.56 Å².